The van der Waals surface area contributed by atoms with Crippen LogP contribution < -0.4 is 0 Å². The highest BCUT2D eigenvalue weighted by Gasteiger charge is 2.28. The van der Waals surface area contributed by atoms with Crippen molar-refractivity contribution < 1.29 is 0 Å². The summed E-state index contributed by atoms with van der Waals surface area (Å²) in [7, 11) is 2.23. The highest BCUT2D eigenvalue weighted by atomic mass is 32.1. The van der Waals surface area contributed by atoms with Crippen molar-refractivity contribution >= 4 is 12.6 Å². The van der Waals surface area contributed by atoms with Gasteiger partial charge >= 0.3 is 0 Å². The van der Waals surface area contributed by atoms with Gasteiger partial charge in [-0.2, -0.15) is 12.6 Å². The molecule has 1 aromatic carbocycles. The molecule has 0 aliphatic rings. The fraction of sp³-hybridized carbons (Fsp3) is 0.647. The van der Waals surface area contributed by atoms with E-state index in [9.17, 15) is 0 Å². The highest BCUT2D eigenvalue weighted by Crippen LogP contribution is 2.32. The Hall–Kier alpha value is -0.470. The molecule has 0 spiro atoms. The number of benzene rings is 1. The van der Waals surface area contributed by atoms with E-state index < -0.39 is 0 Å². The van der Waals surface area contributed by atoms with Crippen molar-refractivity contribution in [3.05, 3.63) is 35.9 Å². The maximum absolute atomic E-state index is 4.64. The molecule has 0 amide bonds. The first-order chi connectivity index (χ1) is 9.15. The van der Waals surface area contributed by atoms with Crippen LogP contribution in [-0.4, -0.2) is 24.2 Å². The van der Waals surface area contributed by atoms with E-state index in [4.69, 9.17) is 0 Å². The molecule has 0 radical (unpaired) electrons. The predicted molar refractivity (Wildman–Crippen MR) is 88.9 cm³/mol. The monoisotopic (exact) mass is 279 g/mol. The van der Waals surface area contributed by atoms with E-state index >= 15 is 0 Å². The van der Waals surface area contributed by atoms with Gasteiger partial charge in [-0.15, -0.1) is 0 Å². The van der Waals surface area contributed by atoms with E-state index in [1.54, 1.807) is 0 Å². The summed E-state index contributed by atoms with van der Waals surface area (Å²) >= 11 is 4.64. The van der Waals surface area contributed by atoms with Gasteiger partial charge in [-0.3, -0.25) is 0 Å². The standard InChI is InChI=1S/C17H29NS/c1-4-11-17(15-19,12-5-2)14-18(3)13-16-9-7-6-8-10-16/h6-10,19H,4-5,11-15H2,1-3H3. The van der Waals surface area contributed by atoms with Crippen LogP contribution in [0, 0.1) is 5.41 Å². The predicted octanol–water partition coefficient (Wildman–Crippen LogP) is 4.63. The topological polar surface area (TPSA) is 3.24 Å². The van der Waals surface area contributed by atoms with Crippen molar-refractivity contribution in [3.63, 3.8) is 0 Å². The summed E-state index contributed by atoms with van der Waals surface area (Å²) in [6.45, 7) is 6.74. The second kappa shape index (κ2) is 8.65. The lowest BCUT2D eigenvalue weighted by Gasteiger charge is -2.36. The van der Waals surface area contributed by atoms with Crippen LogP contribution >= 0.6 is 12.6 Å². The Labute approximate surface area is 124 Å². The third-order valence-corrected chi connectivity index (χ3v) is 4.47. The average Bonchev–Trinajstić information content (AvgIpc) is 2.40. The van der Waals surface area contributed by atoms with Crippen molar-refractivity contribution in [1.82, 2.24) is 4.90 Å². The zero-order valence-corrected chi connectivity index (χ0v) is 13.6. The lowest BCUT2D eigenvalue weighted by Crippen LogP contribution is -2.37. The maximum atomic E-state index is 4.64. The minimum atomic E-state index is 0.385. The van der Waals surface area contributed by atoms with Gasteiger partial charge in [0.2, 0.25) is 0 Å². The van der Waals surface area contributed by atoms with Gasteiger partial charge in [0.05, 0.1) is 0 Å². The van der Waals surface area contributed by atoms with Gasteiger partial charge in [0.15, 0.2) is 0 Å². The molecule has 0 aromatic heterocycles. The molecule has 0 saturated heterocycles. The number of thiol groups is 1. The molecule has 108 valence electrons. The van der Waals surface area contributed by atoms with Gasteiger partial charge in [0, 0.05) is 13.1 Å². The zero-order chi connectivity index (χ0) is 14.1. The largest absolute Gasteiger partial charge is 0.302 e. The molecule has 0 N–H and O–H groups in total. The first kappa shape index (κ1) is 16.6. The Morgan fingerprint density at radius 1 is 1.05 bits per heavy atom. The van der Waals surface area contributed by atoms with Crippen LogP contribution in [0.2, 0.25) is 0 Å². The maximum Gasteiger partial charge on any atom is 0.0230 e. The van der Waals surface area contributed by atoms with Crippen molar-refractivity contribution in [1.29, 1.82) is 0 Å². The van der Waals surface area contributed by atoms with Crippen LogP contribution in [-0.2, 0) is 6.54 Å². The Kier molecular flexibility index (Phi) is 7.55. The van der Waals surface area contributed by atoms with Crippen LogP contribution in [0.5, 0.6) is 0 Å². The van der Waals surface area contributed by atoms with E-state index in [-0.39, 0.29) is 0 Å². The fourth-order valence-electron chi connectivity index (χ4n) is 3.08. The smallest absolute Gasteiger partial charge is 0.0230 e. The van der Waals surface area contributed by atoms with Crippen molar-refractivity contribution in [3.8, 4) is 0 Å². The molecule has 0 bridgehead atoms. The Morgan fingerprint density at radius 3 is 2.11 bits per heavy atom. The summed E-state index contributed by atoms with van der Waals surface area (Å²) in [5, 5.41) is 0. The van der Waals surface area contributed by atoms with Crippen LogP contribution in [0.4, 0.5) is 0 Å². The van der Waals surface area contributed by atoms with Gasteiger partial charge in [-0.1, -0.05) is 57.0 Å². The molecule has 1 nitrogen and oxygen atoms in total. The van der Waals surface area contributed by atoms with Crippen LogP contribution in [0.25, 0.3) is 0 Å². The van der Waals surface area contributed by atoms with Crippen molar-refractivity contribution in [2.24, 2.45) is 5.41 Å². The van der Waals surface area contributed by atoms with Crippen LogP contribution in [0.3, 0.4) is 0 Å². The summed E-state index contributed by atoms with van der Waals surface area (Å²) in [5.74, 6) is 0.994. The molecule has 2 heteroatoms. The van der Waals surface area contributed by atoms with E-state index in [1.807, 2.05) is 0 Å². The second-order valence-electron chi connectivity index (χ2n) is 5.82. The minimum Gasteiger partial charge on any atom is -0.302 e. The van der Waals surface area contributed by atoms with Crippen LogP contribution in [0.1, 0.15) is 45.1 Å². The molecule has 1 rings (SSSR count). The SMILES string of the molecule is CCCC(CS)(CCC)CN(C)Cc1ccccc1. The number of nitrogens with zero attached hydrogens (tertiary/aromatic N) is 1. The third-order valence-electron chi connectivity index (χ3n) is 3.80. The van der Waals surface area contributed by atoms with Crippen LogP contribution in [0.15, 0.2) is 30.3 Å². The first-order valence-electron chi connectivity index (χ1n) is 7.49. The molecular weight excluding hydrogens is 250 g/mol. The molecule has 0 aliphatic carbocycles. The number of rotatable bonds is 9. The average molecular weight is 279 g/mol. The van der Waals surface area contributed by atoms with Gasteiger partial charge in [-0.25, -0.2) is 0 Å². The summed E-state index contributed by atoms with van der Waals surface area (Å²) in [6, 6.07) is 10.7. The number of hydrogen-bond acceptors (Lipinski definition) is 2. The van der Waals surface area contributed by atoms with Gasteiger partial charge < -0.3 is 4.90 Å². The molecule has 0 fully saturated rings. The van der Waals surface area contributed by atoms with Gasteiger partial charge in [0.25, 0.3) is 0 Å². The summed E-state index contributed by atoms with van der Waals surface area (Å²) in [5.41, 5.74) is 1.78. The molecule has 1 aromatic rings. The quantitative estimate of drug-likeness (QED) is 0.645. The van der Waals surface area contributed by atoms with E-state index in [2.05, 4.69) is 68.8 Å². The molecule has 0 unspecified atom stereocenters. The zero-order valence-electron chi connectivity index (χ0n) is 12.7. The molecule has 0 saturated carbocycles. The Bertz CT molecular complexity index is 330. The molecule has 0 heterocycles. The third kappa shape index (κ3) is 5.58. The lowest BCUT2D eigenvalue weighted by molar-refractivity contribution is 0.165. The lowest BCUT2D eigenvalue weighted by atomic mass is 9.80. The summed E-state index contributed by atoms with van der Waals surface area (Å²) in [6.07, 6.45) is 5.06. The number of hydrogen-bond donors (Lipinski definition) is 1. The Morgan fingerprint density at radius 2 is 1.63 bits per heavy atom. The van der Waals surface area contributed by atoms with E-state index in [0.29, 0.717) is 5.41 Å². The fourth-order valence-corrected chi connectivity index (χ4v) is 3.49. The summed E-state index contributed by atoms with van der Waals surface area (Å²) in [4.78, 5) is 2.46. The Balaban J connectivity index is 2.62. The van der Waals surface area contributed by atoms with Crippen molar-refractivity contribution in [2.45, 2.75) is 46.1 Å². The van der Waals surface area contributed by atoms with Gasteiger partial charge in [-0.05, 0) is 36.6 Å². The first-order valence-corrected chi connectivity index (χ1v) is 8.12. The summed E-state index contributed by atoms with van der Waals surface area (Å²) < 4.78 is 0. The van der Waals surface area contributed by atoms with Gasteiger partial charge in [0.1, 0.15) is 0 Å². The highest BCUT2D eigenvalue weighted by molar-refractivity contribution is 7.80. The molecular formula is C17H29NS. The molecule has 0 atom stereocenters. The minimum absolute atomic E-state index is 0.385. The van der Waals surface area contributed by atoms with E-state index in [1.165, 1.54) is 31.2 Å². The normalized spacial score (nSPS) is 12.1. The molecule has 19 heavy (non-hydrogen) atoms. The van der Waals surface area contributed by atoms with E-state index in [0.717, 1.165) is 18.8 Å². The van der Waals surface area contributed by atoms with Crippen molar-refractivity contribution in [2.75, 3.05) is 19.3 Å². The molecule has 0 aliphatic heterocycles. The second-order valence-corrected chi connectivity index (χ2v) is 6.13.